The third-order valence-electron chi connectivity index (χ3n) is 2.07. The minimum Gasteiger partial charge on any atom is -0.334 e. The summed E-state index contributed by atoms with van der Waals surface area (Å²) in [5, 5.41) is 1.14. The molecule has 0 spiro atoms. The molecule has 0 saturated carbocycles. The maximum absolute atomic E-state index is 5.00. The lowest BCUT2D eigenvalue weighted by atomic mass is 10.1. The summed E-state index contributed by atoms with van der Waals surface area (Å²) in [5.74, 6) is 0. The molecule has 0 saturated heterocycles. The summed E-state index contributed by atoms with van der Waals surface area (Å²) >= 11 is 5.00. The molecule has 0 unspecified atom stereocenters. The Morgan fingerprint density at radius 3 is 2.85 bits per heavy atom. The third kappa shape index (κ3) is 1.47. The number of aromatic amines is 1. The van der Waals surface area contributed by atoms with Crippen LogP contribution < -0.4 is 0 Å². The van der Waals surface area contributed by atoms with Gasteiger partial charge in [0.05, 0.1) is 5.52 Å². The minimum atomic E-state index is 0.551. The van der Waals surface area contributed by atoms with Gasteiger partial charge in [0.2, 0.25) is 0 Å². The molecule has 0 amide bonds. The van der Waals surface area contributed by atoms with Gasteiger partial charge in [-0.2, -0.15) is 0 Å². The third-order valence-corrected chi connectivity index (χ3v) is 2.27. The standard InChI is InChI=1S/C10H10N2S/c1-6-3-4-8-7(2)11-10(13)12-9(8)5-6/h3-5H,1-2H3,(H,11,12,13). The Kier molecular flexibility index (Phi) is 1.88. The van der Waals surface area contributed by atoms with Crippen molar-refractivity contribution in [2.24, 2.45) is 0 Å². The van der Waals surface area contributed by atoms with Crippen LogP contribution in [0.5, 0.6) is 0 Å². The fourth-order valence-electron chi connectivity index (χ4n) is 1.42. The lowest BCUT2D eigenvalue weighted by Gasteiger charge is -2.01. The van der Waals surface area contributed by atoms with E-state index in [2.05, 4.69) is 29.0 Å². The molecule has 1 N–H and O–H groups in total. The van der Waals surface area contributed by atoms with Crippen LogP contribution >= 0.6 is 12.2 Å². The van der Waals surface area contributed by atoms with E-state index in [4.69, 9.17) is 12.2 Å². The number of benzene rings is 1. The molecule has 0 aliphatic carbocycles. The van der Waals surface area contributed by atoms with Crippen LogP contribution in [-0.2, 0) is 0 Å². The van der Waals surface area contributed by atoms with E-state index in [0.29, 0.717) is 4.77 Å². The van der Waals surface area contributed by atoms with Crippen molar-refractivity contribution in [3.05, 3.63) is 34.2 Å². The number of nitrogens with one attached hydrogen (secondary N) is 1. The first-order valence-electron chi connectivity index (χ1n) is 4.14. The van der Waals surface area contributed by atoms with E-state index < -0.39 is 0 Å². The van der Waals surface area contributed by atoms with Crippen molar-refractivity contribution in [3.8, 4) is 0 Å². The summed E-state index contributed by atoms with van der Waals surface area (Å²) in [4.78, 5) is 7.29. The fraction of sp³-hybridized carbons (Fsp3) is 0.200. The second-order valence-electron chi connectivity index (χ2n) is 3.19. The first-order valence-corrected chi connectivity index (χ1v) is 4.55. The zero-order chi connectivity index (χ0) is 9.42. The van der Waals surface area contributed by atoms with E-state index in [-0.39, 0.29) is 0 Å². The van der Waals surface area contributed by atoms with E-state index in [0.717, 1.165) is 16.6 Å². The van der Waals surface area contributed by atoms with Gasteiger partial charge in [0, 0.05) is 11.1 Å². The van der Waals surface area contributed by atoms with Gasteiger partial charge < -0.3 is 4.98 Å². The molecule has 0 bridgehead atoms. The summed E-state index contributed by atoms with van der Waals surface area (Å²) in [6, 6.07) is 6.19. The van der Waals surface area contributed by atoms with Gasteiger partial charge in [-0.1, -0.05) is 12.1 Å². The normalized spacial score (nSPS) is 10.6. The number of aromatic nitrogens is 2. The van der Waals surface area contributed by atoms with Crippen molar-refractivity contribution >= 4 is 23.1 Å². The maximum Gasteiger partial charge on any atom is 0.197 e. The molecule has 2 aromatic rings. The van der Waals surface area contributed by atoms with Crippen LogP contribution in [0.1, 0.15) is 11.3 Å². The Morgan fingerprint density at radius 1 is 1.31 bits per heavy atom. The molecule has 1 aromatic carbocycles. The zero-order valence-corrected chi connectivity index (χ0v) is 8.40. The lowest BCUT2D eigenvalue weighted by molar-refractivity contribution is 1.12. The number of rotatable bonds is 0. The number of H-pyrrole nitrogens is 1. The van der Waals surface area contributed by atoms with Gasteiger partial charge in [-0.05, 0) is 37.7 Å². The van der Waals surface area contributed by atoms with Crippen LogP contribution in [0.15, 0.2) is 18.2 Å². The second-order valence-corrected chi connectivity index (χ2v) is 3.57. The Balaban J connectivity index is 2.94. The average Bonchev–Trinajstić information content (AvgIpc) is 2.02. The van der Waals surface area contributed by atoms with E-state index in [1.807, 2.05) is 13.0 Å². The van der Waals surface area contributed by atoms with E-state index >= 15 is 0 Å². The van der Waals surface area contributed by atoms with Gasteiger partial charge in [0.25, 0.3) is 0 Å². The molecule has 3 heteroatoms. The summed E-state index contributed by atoms with van der Waals surface area (Å²) in [6.07, 6.45) is 0. The average molecular weight is 190 g/mol. The smallest absolute Gasteiger partial charge is 0.197 e. The number of fused-ring (bicyclic) bond motifs is 1. The highest BCUT2D eigenvalue weighted by atomic mass is 32.1. The Hall–Kier alpha value is -1.22. The van der Waals surface area contributed by atoms with Crippen molar-refractivity contribution in [2.45, 2.75) is 13.8 Å². The van der Waals surface area contributed by atoms with Crippen LogP contribution in [0, 0.1) is 18.6 Å². The second kappa shape index (κ2) is 2.92. The van der Waals surface area contributed by atoms with Gasteiger partial charge >= 0.3 is 0 Å². The molecule has 2 rings (SSSR count). The first kappa shape index (κ1) is 8.38. The fourth-order valence-corrected chi connectivity index (χ4v) is 1.67. The van der Waals surface area contributed by atoms with Crippen LogP contribution in [0.3, 0.4) is 0 Å². The van der Waals surface area contributed by atoms with Crippen LogP contribution in [0.2, 0.25) is 0 Å². The summed E-state index contributed by atoms with van der Waals surface area (Å²) < 4.78 is 0.551. The van der Waals surface area contributed by atoms with Gasteiger partial charge in [-0.3, -0.25) is 0 Å². The van der Waals surface area contributed by atoms with Crippen molar-refractivity contribution in [1.82, 2.24) is 9.97 Å². The maximum atomic E-state index is 5.00. The molecule has 0 radical (unpaired) electrons. The summed E-state index contributed by atoms with van der Waals surface area (Å²) in [6.45, 7) is 4.06. The van der Waals surface area contributed by atoms with Crippen molar-refractivity contribution in [3.63, 3.8) is 0 Å². The largest absolute Gasteiger partial charge is 0.334 e. The van der Waals surface area contributed by atoms with E-state index in [9.17, 15) is 0 Å². The number of hydrogen-bond donors (Lipinski definition) is 1. The van der Waals surface area contributed by atoms with E-state index in [1.165, 1.54) is 5.56 Å². The monoisotopic (exact) mass is 190 g/mol. The minimum absolute atomic E-state index is 0.551. The SMILES string of the molecule is Cc1ccc2c(C)[nH]c(=S)nc2c1. The van der Waals surface area contributed by atoms with Crippen molar-refractivity contribution < 1.29 is 0 Å². The number of hydrogen-bond acceptors (Lipinski definition) is 2. The van der Waals surface area contributed by atoms with Crippen molar-refractivity contribution in [2.75, 3.05) is 0 Å². The van der Waals surface area contributed by atoms with Gasteiger partial charge in [-0.15, -0.1) is 0 Å². The molecular formula is C10H10N2S. The molecule has 0 atom stereocenters. The molecule has 0 aliphatic heterocycles. The van der Waals surface area contributed by atoms with Gasteiger partial charge in [0.1, 0.15) is 0 Å². The van der Waals surface area contributed by atoms with Crippen LogP contribution in [-0.4, -0.2) is 9.97 Å². The predicted molar refractivity (Wildman–Crippen MR) is 56.4 cm³/mol. The molecular weight excluding hydrogens is 180 g/mol. The quantitative estimate of drug-likeness (QED) is 0.647. The highest BCUT2D eigenvalue weighted by Gasteiger charge is 1.98. The zero-order valence-electron chi connectivity index (χ0n) is 7.59. The highest BCUT2D eigenvalue weighted by Crippen LogP contribution is 2.15. The van der Waals surface area contributed by atoms with Crippen molar-refractivity contribution in [1.29, 1.82) is 0 Å². The summed E-state index contributed by atoms with van der Waals surface area (Å²) in [7, 11) is 0. The predicted octanol–water partition coefficient (Wildman–Crippen LogP) is 2.91. The number of nitrogens with zero attached hydrogens (tertiary/aromatic N) is 1. The molecule has 2 nitrogen and oxygen atoms in total. The lowest BCUT2D eigenvalue weighted by Crippen LogP contribution is -1.89. The molecule has 66 valence electrons. The molecule has 1 aromatic heterocycles. The van der Waals surface area contributed by atoms with Gasteiger partial charge in [-0.25, -0.2) is 4.98 Å². The highest BCUT2D eigenvalue weighted by molar-refractivity contribution is 7.71. The molecule has 0 fully saturated rings. The Bertz CT molecular complexity index is 514. The Labute approximate surface area is 81.6 Å². The molecule has 1 heterocycles. The van der Waals surface area contributed by atoms with Crippen LogP contribution in [0.4, 0.5) is 0 Å². The first-order chi connectivity index (χ1) is 6.16. The Morgan fingerprint density at radius 2 is 2.08 bits per heavy atom. The molecule has 13 heavy (non-hydrogen) atoms. The number of aryl methyl sites for hydroxylation is 2. The topological polar surface area (TPSA) is 28.7 Å². The van der Waals surface area contributed by atoms with Gasteiger partial charge in [0.15, 0.2) is 4.77 Å². The summed E-state index contributed by atoms with van der Waals surface area (Å²) in [5.41, 5.74) is 3.26. The van der Waals surface area contributed by atoms with E-state index in [1.54, 1.807) is 0 Å². The van der Waals surface area contributed by atoms with Crippen LogP contribution in [0.25, 0.3) is 10.9 Å². The molecule has 0 aliphatic rings.